The van der Waals surface area contributed by atoms with Gasteiger partial charge >= 0.3 is 6.09 Å². The van der Waals surface area contributed by atoms with E-state index in [4.69, 9.17) is 4.74 Å². The first-order valence-corrected chi connectivity index (χ1v) is 7.12. The van der Waals surface area contributed by atoms with Gasteiger partial charge in [-0.15, -0.1) is 11.3 Å². The summed E-state index contributed by atoms with van der Waals surface area (Å²) in [5, 5.41) is 3.21. The van der Waals surface area contributed by atoms with Crippen molar-refractivity contribution in [1.82, 2.24) is 14.8 Å². The molecule has 18 heavy (non-hydrogen) atoms. The molecular weight excluding hydrogens is 250 g/mol. The number of rotatable bonds is 3. The number of thiazole rings is 1. The van der Waals surface area contributed by atoms with Gasteiger partial charge < -0.3 is 9.64 Å². The quantitative estimate of drug-likeness (QED) is 0.838. The minimum atomic E-state index is -0.193. The maximum Gasteiger partial charge on any atom is 0.409 e. The number of carbonyl (C=O) groups is 1. The molecule has 1 aromatic heterocycles. The third kappa shape index (κ3) is 3.43. The Balaban J connectivity index is 1.78. The normalized spacial score (nSPS) is 16.9. The molecule has 0 bridgehead atoms. The number of aromatic nitrogens is 1. The molecule has 2 rings (SSSR count). The Morgan fingerprint density at radius 2 is 2.17 bits per heavy atom. The van der Waals surface area contributed by atoms with E-state index in [9.17, 15) is 4.79 Å². The summed E-state index contributed by atoms with van der Waals surface area (Å²) < 4.78 is 5.00. The lowest BCUT2D eigenvalue weighted by atomic mass is 10.3. The first kappa shape index (κ1) is 13.3. The van der Waals surface area contributed by atoms with Crippen molar-refractivity contribution in [2.24, 2.45) is 0 Å². The molecule has 0 N–H and O–H groups in total. The van der Waals surface area contributed by atoms with Gasteiger partial charge in [-0.1, -0.05) is 0 Å². The number of hydrogen-bond donors (Lipinski definition) is 0. The second kappa shape index (κ2) is 6.15. The van der Waals surface area contributed by atoms with Gasteiger partial charge in [0.2, 0.25) is 0 Å². The fraction of sp³-hybridized carbons (Fsp3) is 0.667. The molecule has 0 saturated carbocycles. The van der Waals surface area contributed by atoms with E-state index in [-0.39, 0.29) is 6.09 Å². The van der Waals surface area contributed by atoms with Gasteiger partial charge in [0.05, 0.1) is 17.3 Å². The fourth-order valence-electron chi connectivity index (χ4n) is 2.01. The molecule has 1 aliphatic heterocycles. The van der Waals surface area contributed by atoms with Gasteiger partial charge in [0.15, 0.2) is 0 Å². The molecule has 1 saturated heterocycles. The summed E-state index contributed by atoms with van der Waals surface area (Å²) in [7, 11) is 0. The molecule has 2 heterocycles. The van der Waals surface area contributed by atoms with Gasteiger partial charge in [-0.25, -0.2) is 9.78 Å². The lowest BCUT2D eigenvalue weighted by molar-refractivity contribution is 0.0776. The molecule has 1 amide bonds. The Labute approximate surface area is 111 Å². The molecule has 0 unspecified atom stereocenters. The number of carbonyl (C=O) groups excluding carboxylic acids is 1. The highest BCUT2D eigenvalue weighted by Gasteiger charge is 2.22. The first-order valence-electron chi connectivity index (χ1n) is 6.24. The van der Waals surface area contributed by atoms with E-state index in [1.807, 2.05) is 13.8 Å². The van der Waals surface area contributed by atoms with Crippen LogP contribution in [0.15, 0.2) is 5.38 Å². The average Bonchev–Trinajstić information content (AvgIpc) is 2.76. The van der Waals surface area contributed by atoms with E-state index in [0.29, 0.717) is 6.61 Å². The van der Waals surface area contributed by atoms with Crippen LogP contribution in [0.2, 0.25) is 0 Å². The zero-order valence-electron chi connectivity index (χ0n) is 10.9. The van der Waals surface area contributed by atoms with Crippen LogP contribution in [0.3, 0.4) is 0 Å². The van der Waals surface area contributed by atoms with Gasteiger partial charge in [-0.2, -0.15) is 0 Å². The van der Waals surface area contributed by atoms with Crippen LogP contribution in [0.5, 0.6) is 0 Å². The van der Waals surface area contributed by atoms with Crippen LogP contribution in [0.4, 0.5) is 4.79 Å². The number of nitrogens with zero attached hydrogens (tertiary/aromatic N) is 3. The molecule has 0 radical (unpaired) electrons. The van der Waals surface area contributed by atoms with E-state index in [2.05, 4.69) is 15.3 Å². The number of hydrogen-bond acceptors (Lipinski definition) is 5. The molecule has 1 aliphatic rings. The van der Waals surface area contributed by atoms with Crippen LogP contribution >= 0.6 is 11.3 Å². The van der Waals surface area contributed by atoms with E-state index < -0.39 is 0 Å². The minimum Gasteiger partial charge on any atom is -0.450 e. The number of amides is 1. The Morgan fingerprint density at radius 1 is 1.44 bits per heavy atom. The standard InChI is InChI=1S/C12H19N3O2S/c1-3-17-12(16)15-6-4-14(5-7-15)8-11-9-18-10(2)13-11/h9H,3-8H2,1-2H3. The van der Waals surface area contributed by atoms with Crippen molar-refractivity contribution >= 4 is 17.4 Å². The van der Waals surface area contributed by atoms with Crippen LogP contribution in [0.1, 0.15) is 17.6 Å². The molecule has 0 spiro atoms. The van der Waals surface area contributed by atoms with Crippen LogP contribution in [0.25, 0.3) is 0 Å². The van der Waals surface area contributed by atoms with Gasteiger partial charge in [-0.3, -0.25) is 4.90 Å². The van der Waals surface area contributed by atoms with Crippen molar-refractivity contribution in [2.75, 3.05) is 32.8 Å². The Kier molecular flexibility index (Phi) is 4.54. The van der Waals surface area contributed by atoms with Gasteiger partial charge in [0, 0.05) is 38.1 Å². The molecule has 0 aromatic carbocycles. The third-order valence-corrected chi connectivity index (χ3v) is 3.77. The Bertz CT molecular complexity index is 400. The molecule has 0 atom stereocenters. The number of piperazine rings is 1. The van der Waals surface area contributed by atoms with E-state index >= 15 is 0 Å². The van der Waals surface area contributed by atoms with Crippen molar-refractivity contribution in [3.63, 3.8) is 0 Å². The van der Waals surface area contributed by atoms with Crippen molar-refractivity contribution in [1.29, 1.82) is 0 Å². The minimum absolute atomic E-state index is 0.193. The highest BCUT2D eigenvalue weighted by molar-refractivity contribution is 7.09. The van der Waals surface area contributed by atoms with Gasteiger partial charge in [0.1, 0.15) is 0 Å². The van der Waals surface area contributed by atoms with Crippen molar-refractivity contribution < 1.29 is 9.53 Å². The predicted molar refractivity (Wildman–Crippen MR) is 70.7 cm³/mol. The summed E-state index contributed by atoms with van der Waals surface area (Å²) in [6, 6.07) is 0. The molecular formula is C12H19N3O2S. The first-order chi connectivity index (χ1) is 8.69. The predicted octanol–water partition coefficient (Wildman–Crippen LogP) is 1.73. The average molecular weight is 269 g/mol. The van der Waals surface area contributed by atoms with Crippen LogP contribution in [-0.4, -0.2) is 53.7 Å². The summed E-state index contributed by atoms with van der Waals surface area (Å²) in [6.07, 6.45) is -0.193. The second-order valence-electron chi connectivity index (χ2n) is 4.32. The maximum absolute atomic E-state index is 11.5. The zero-order chi connectivity index (χ0) is 13.0. The van der Waals surface area contributed by atoms with Gasteiger partial charge in [-0.05, 0) is 13.8 Å². The Morgan fingerprint density at radius 3 is 2.72 bits per heavy atom. The topological polar surface area (TPSA) is 45.7 Å². The highest BCUT2D eigenvalue weighted by atomic mass is 32.1. The van der Waals surface area contributed by atoms with Crippen molar-refractivity contribution in [3.8, 4) is 0 Å². The summed E-state index contributed by atoms with van der Waals surface area (Å²) in [6.45, 7) is 8.42. The summed E-state index contributed by atoms with van der Waals surface area (Å²) in [4.78, 5) is 20.1. The molecule has 5 nitrogen and oxygen atoms in total. The van der Waals surface area contributed by atoms with E-state index in [1.165, 1.54) is 0 Å². The zero-order valence-corrected chi connectivity index (χ0v) is 11.7. The largest absolute Gasteiger partial charge is 0.450 e. The molecule has 6 heteroatoms. The van der Waals surface area contributed by atoms with Crippen molar-refractivity contribution in [3.05, 3.63) is 16.1 Å². The van der Waals surface area contributed by atoms with Crippen LogP contribution < -0.4 is 0 Å². The van der Waals surface area contributed by atoms with E-state index in [1.54, 1.807) is 16.2 Å². The molecule has 100 valence electrons. The van der Waals surface area contributed by atoms with Crippen LogP contribution in [-0.2, 0) is 11.3 Å². The SMILES string of the molecule is CCOC(=O)N1CCN(Cc2csc(C)n2)CC1. The lowest BCUT2D eigenvalue weighted by Crippen LogP contribution is -2.48. The van der Waals surface area contributed by atoms with E-state index in [0.717, 1.165) is 43.4 Å². The molecule has 1 fully saturated rings. The fourth-order valence-corrected chi connectivity index (χ4v) is 2.62. The summed E-state index contributed by atoms with van der Waals surface area (Å²) in [5.41, 5.74) is 1.13. The number of ether oxygens (including phenoxy) is 1. The smallest absolute Gasteiger partial charge is 0.409 e. The maximum atomic E-state index is 11.5. The summed E-state index contributed by atoms with van der Waals surface area (Å²) in [5.74, 6) is 0. The van der Waals surface area contributed by atoms with Crippen molar-refractivity contribution in [2.45, 2.75) is 20.4 Å². The highest BCUT2D eigenvalue weighted by Crippen LogP contribution is 2.12. The summed E-state index contributed by atoms with van der Waals surface area (Å²) >= 11 is 1.68. The molecule has 1 aromatic rings. The Hall–Kier alpha value is -1.14. The monoisotopic (exact) mass is 269 g/mol. The lowest BCUT2D eigenvalue weighted by Gasteiger charge is -2.33. The van der Waals surface area contributed by atoms with Gasteiger partial charge in [0.25, 0.3) is 0 Å². The van der Waals surface area contributed by atoms with Crippen LogP contribution in [0, 0.1) is 6.92 Å². The third-order valence-electron chi connectivity index (χ3n) is 2.95. The molecule has 0 aliphatic carbocycles. The number of aryl methyl sites for hydroxylation is 1. The second-order valence-corrected chi connectivity index (χ2v) is 5.38.